The van der Waals surface area contributed by atoms with Crippen LogP contribution in [0.1, 0.15) is 40.7 Å². The summed E-state index contributed by atoms with van der Waals surface area (Å²) < 4.78 is 21.6. The standard InChI is InChI=1S/C28H28O7/c1-32-27(30)9-10-28(31)35-17-21-4-2-3-20(11-21)15-33-16-22-6-7-24-23(12-22)18-34-26-13-19(14-29)5-8-25(24)26/h2-8,11-13,29H,9-10,14-18H2,1H3. The molecule has 1 aliphatic heterocycles. The van der Waals surface area contributed by atoms with Gasteiger partial charge in [0.15, 0.2) is 0 Å². The van der Waals surface area contributed by atoms with Gasteiger partial charge in [-0.3, -0.25) is 9.59 Å². The first-order chi connectivity index (χ1) is 17.1. The highest BCUT2D eigenvalue weighted by Gasteiger charge is 2.18. The van der Waals surface area contributed by atoms with Crippen molar-refractivity contribution in [2.45, 2.75) is 45.9 Å². The summed E-state index contributed by atoms with van der Waals surface area (Å²) in [4.78, 5) is 22.9. The summed E-state index contributed by atoms with van der Waals surface area (Å²) in [7, 11) is 1.29. The number of hydrogen-bond acceptors (Lipinski definition) is 7. The maximum Gasteiger partial charge on any atom is 0.306 e. The second-order valence-corrected chi connectivity index (χ2v) is 8.32. The van der Waals surface area contributed by atoms with E-state index in [-0.39, 0.29) is 26.1 Å². The van der Waals surface area contributed by atoms with Crippen molar-refractivity contribution >= 4 is 11.9 Å². The molecule has 4 rings (SSSR count). The van der Waals surface area contributed by atoms with Crippen LogP contribution in [0.5, 0.6) is 5.75 Å². The van der Waals surface area contributed by atoms with Crippen molar-refractivity contribution < 1.29 is 33.6 Å². The van der Waals surface area contributed by atoms with E-state index in [0.29, 0.717) is 19.8 Å². The van der Waals surface area contributed by atoms with Gasteiger partial charge in [-0.2, -0.15) is 0 Å². The summed E-state index contributed by atoms with van der Waals surface area (Å²) in [6, 6.07) is 19.7. The van der Waals surface area contributed by atoms with Crippen molar-refractivity contribution in [2.24, 2.45) is 0 Å². The van der Waals surface area contributed by atoms with Crippen LogP contribution in [0, 0.1) is 0 Å². The lowest BCUT2D eigenvalue weighted by molar-refractivity contribution is -0.149. The van der Waals surface area contributed by atoms with Crippen molar-refractivity contribution in [3.8, 4) is 16.9 Å². The number of rotatable bonds is 10. The molecule has 1 heterocycles. The normalized spacial score (nSPS) is 11.7. The maximum atomic E-state index is 11.8. The van der Waals surface area contributed by atoms with E-state index < -0.39 is 11.9 Å². The van der Waals surface area contributed by atoms with Crippen molar-refractivity contribution in [1.82, 2.24) is 0 Å². The smallest absolute Gasteiger partial charge is 0.306 e. The fourth-order valence-corrected chi connectivity index (χ4v) is 3.92. The van der Waals surface area contributed by atoms with Crippen LogP contribution in [-0.2, 0) is 56.8 Å². The third-order valence-electron chi connectivity index (χ3n) is 5.76. The summed E-state index contributed by atoms with van der Waals surface area (Å²) in [6.07, 6.45) is 0.00572. The molecule has 0 fully saturated rings. The molecular formula is C28H28O7. The number of hydrogen-bond donors (Lipinski definition) is 1. The van der Waals surface area contributed by atoms with Gasteiger partial charge in [0.2, 0.25) is 0 Å². The molecule has 0 aromatic heterocycles. The summed E-state index contributed by atoms with van der Waals surface area (Å²) in [5.41, 5.74) is 6.98. The Morgan fingerprint density at radius 2 is 1.51 bits per heavy atom. The molecule has 3 aromatic rings. The van der Waals surface area contributed by atoms with Gasteiger partial charge < -0.3 is 24.1 Å². The molecule has 0 radical (unpaired) electrons. The topological polar surface area (TPSA) is 91.3 Å². The molecule has 0 unspecified atom stereocenters. The molecule has 35 heavy (non-hydrogen) atoms. The number of methoxy groups -OCH3 is 1. The molecule has 0 saturated heterocycles. The summed E-state index contributed by atoms with van der Waals surface area (Å²) in [5.74, 6) is -0.0824. The molecule has 0 spiro atoms. The number of aliphatic hydroxyl groups is 1. The fraction of sp³-hybridized carbons (Fsp3) is 0.286. The van der Waals surface area contributed by atoms with Gasteiger partial charge in [0.05, 0.1) is 39.8 Å². The SMILES string of the molecule is COC(=O)CCC(=O)OCc1cccc(COCc2ccc3c(c2)COc2cc(CO)ccc2-3)c1. The van der Waals surface area contributed by atoms with Gasteiger partial charge in [-0.15, -0.1) is 0 Å². The van der Waals surface area contributed by atoms with Crippen LogP contribution in [-0.4, -0.2) is 24.2 Å². The minimum absolute atomic E-state index is 0.00340. The number of aliphatic hydroxyl groups excluding tert-OH is 1. The molecular weight excluding hydrogens is 448 g/mol. The number of fused-ring (bicyclic) bond motifs is 3. The van der Waals surface area contributed by atoms with Crippen molar-refractivity contribution in [1.29, 1.82) is 0 Å². The Hall–Kier alpha value is -3.68. The third-order valence-corrected chi connectivity index (χ3v) is 5.76. The van der Waals surface area contributed by atoms with Crippen molar-refractivity contribution in [3.63, 3.8) is 0 Å². The molecule has 3 aromatic carbocycles. The number of benzene rings is 3. The van der Waals surface area contributed by atoms with E-state index in [0.717, 1.165) is 44.7 Å². The summed E-state index contributed by atoms with van der Waals surface area (Å²) in [6.45, 7) is 1.48. The van der Waals surface area contributed by atoms with Gasteiger partial charge in [0.25, 0.3) is 0 Å². The van der Waals surface area contributed by atoms with Crippen LogP contribution < -0.4 is 4.74 Å². The number of carbonyl (C=O) groups is 2. The number of ether oxygens (including phenoxy) is 4. The van der Waals surface area contributed by atoms with Gasteiger partial charge in [0.1, 0.15) is 19.0 Å². The quantitative estimate of drug-likeness (QED) is 0.432. The molecule has 1 aliphatic rings. The molecule has 7 heteroatoms. The van der Waals surface area contributed by atoms with E-state index >= 15 is 0 Å². The van der Waals surface area contributed by atoms with Gasteiger partial charge >= 0.3 is 11.9 Å². The summed E-state index contributed by atoms with van der Waals surface area (Å²) >= 11 is 0. The van der Waals surface area contributed by atoms with Gasteiger partial charge in [-0.05, 0) is 45.5 Å². The van der Waals surface area contributed by atoms with E-state index in [9.17, 15) is 14.7 Å². The number of carbonyl (C=O) groups excluding carboxylic acids is 2. The number of esters is 2. The highest BCUT2D eigenvalue weighted by Crippen LogP contribution is 2.38. The highest BCUT2D eigenvalue weighted by atomic mass is 16.5. The Balaban J connectivity index is 1.29. The zero-order valence-electron chi connectivity index (χ0n) is 19.6. The molecule has 7 nitrogen and oxygen atoms in total. The fourth-order valence-electron chi connectivity index (χ4n) is 3.92. The first-order valence-electron chi connectivity index (χ1n) is 11.4. The Kier molecular flexibility index (Phi) is 8.13. The molecule has 182 valence electrons. The monoisotopic (exact) mass is 476 g/mol. The van der Waals surface area contributed by atoms with Crippen LogP contribution in [0.15, 0.2) is 60.7 Å². The van der Waals surface area contributed by atoms with Crippen LogP contribution in [0.2, 0.25) is 0 Å². The minimum Gasteiger partial charge on any atom is -0.488 e. The zero-order chi connectivity index (χ0) is 24.6. The third kappa shape index (κ3) is 6.47. The molecule has 0 amide bonds. The lowest BCUT2D eigenvalue weighted by Crippen LogP contribution is -2.09. The van der Waals surface area contributed by atoms with Crippen molar-refractivity contribution in [2.75, 3.05) is 7.11 Å². The van der Waals surface area contributed by atoms with E-state index in [1.54, 1.807) is 0 Å². The van der Waals surface area contributed by atoms with Gasteiger partial charge in [-0.1, -0.05) is 48.5 Å². The second kappa shape index (κ2) is 11.6. The molecule has 0 atom stereocenters. The Morgan fingerprint density at radius 1 is 0.829 bits per heavy atom. The lowest BCUT2D eigenvalue weighted by atomic mass is 9.94. The lowest BCUT2D eigenvalue weighted by Gasteiger charge is -2.22. The molecule has 0 bridgehead atoms. The average molecular weight is 477 g/mol. The largest absolute Gasteiger partial charge is 0.488 e. The van der Waals surface area contributed by atoms with E-state index in [1.807, 2.05) is 42.5 Å². The van der Waals surface area contributed by atoms with Crippen LogP contribution in [0.3, 0.4) is 0 Å². The summed E-state index contributed by atoms with van der Waals surface area (Å²) in [5, 5.41) is 9.34. The average Bonchev–Trinajstić information content (AvgIpc) is 2.90. The second-order valence-electron chi connectivity index (χ2n) is 8.32. The van der Waals surface area contributed by atoms with Crippen LogP contribution in [0.4, 0.5) is 0 Å². The first-order valence-corrected chi connectivity index (χ1v) is 11.4. The zero-order valence-corrected chi connectivity index (χ0v) is 19.6. The van der Waals surface area contributed by atoms with Gasteiger partial charge in [-0.25, -0.2) is 0 Å². The van der Waals surface area contributed by atoms with Gasteiger partial charge in [0, 0.05) is 5.56 Å². The molecule has 1 N–H and O–H groups in total. The Labute approximate surface area is 204 Å². The molecule has 0 saturated carbocycles. The van der Waals surface area contributed by atoms with E-state index in [1.165, 1.54) is 7.11 Å². The molecule has 0 aliphatic carbocycles. The minimum atomic E-state index is -0.440. The predicted octanol–water partition coefficient (Wildman–Crippen LogP) is 4.45. The Bertz CT molecular complexity index is 1200. The van der Waals surface area contributed by atoms with Crippen molar-refractivity contribution in [3.05, 3.63) is 88.5 Å². The maximum absolute atomic E-state index is 11.8. The van der Waals surface area contributed by atoms with E-state index in [2.05, 4.69) is 22.9 Å². The van der Waals surface area contributed by atoms with E-state index in [4.69, 9.17) is 14.2 Å². The van der Waals surface area contributed by atoms with Crippen LogP contribution in [0.25, 0.3) is 11.1 Å². The predicted molar refractivity (Wildman–Crippen MR) is 128 cm³/mol. The Morgan fingerprint density at radius 3 is 2.29 bits per heavy atom. The first kappa shape index (κ1) is 24.4. The highest BCUT2D eigenvalue weighted by molar-refractivity contribution is 5.77. The van der Waals surface area contributed by atoms with Crippen LogP contribution >= 0.6 is 0 Å².